The van der Waals surface area contributed by atoms with Crippen LogP contribution in [0.2, 0.25) is 0 Å². The van der Waals surface area contributed by atoms with Crippen molar-refractivity contribution in [3.05, 3.63) is 107 Å². The van der Waals surface area contributed by atoms with Gasteiger partial charge in [0.1, 0.15) is 5.82 Å². The molecule has 4 aromatic rings. The van der Waals surface area contributed by atoms with E-state index in [0.29, 0.717) is 10.9 Å². The molecule has 0 saturated heterocycles. The molecule has 0 aromatic heterocycles. The van der Waals surface area contributed by atoms with Crippen LogP contribution in [-0.2, 0) is 12.8 Å². The summed E-state index contributed by atoms with van der Waals surface area (Å²) in [6, 6.07) is 26.7. The molecule has 0 atom stereocenters. The molecular weight excluding hydrogens is 403 g/mol. The van der Waals surface area contributed by atoms with Gasteiger partial charge in [0, 0.05) is 10.9 Å². The standard InChI is InChI=1S/C32H31F/c1-3-5-6-7-8-25-9-15-27(16-10-25)28-17-11-26(12-18-28)13-19-29-20-21-30-23-24(4-2)14-22-31(30)32(29)33/h9-12,14-18,20-23H,3-8H2,1-2H3. The van der Waals surface area contributed by atoms with Gasteiger partial charge in [0.25, 0.3) is 0 Å². The highest BCUT2D eigenvalue weighted by atomic mass is 19.1. The third-order valence-corrected chi connectivity index (χ3v) is 6.26. The van der Waals surface area contributed by atoms with Crippen LogP contribution in [0.1, 0.15) is 61.8 Å². The van der Waals surface area contributed by atoms with Gasteiger partial charge in [0.2, 0.25) is 0 Å². The summed E-state index contributed by atoms with van der Waals surface area (Å²) >= 11 is 0. The van der Waals surface area contributed by atoms with Crippen molar-refractivity contribution in [2.24, 2.45) is 0 Å². The number of rotatable bonds is 7. The Labute approximate surface area is 197 Å². The zero-order valence-electron chi connectivity index (χ0n) is 19.6. The van der Waals surface area contributed by atoms with Gasteiger partial charge >= 0.3 is 0 Å². The minimum Gasteiger partial charge on any atom is -0.205 e. The number of fused-ring (bicyclic) bond motifs is 1. The number of halogens is 1. The van der Waals surface area contributed by atoms with E-state index in [2.05, 4.69) is 62.1 Å². The number of aryl methyl sites for hydroxylation is 2. The van der Waals surface area contributed by atoms with Crippen molar-refractivity contribution in [3.8, 4) is 23.0 Å². The highest BCUT2D eigenvalue weighted by Crippen LogP contribution is 2.23. The first-order valence-corrected chi connectivity index (χ1v) is 12.1. The second-order valence-electron chi connectivity index (χ2n) is 8.67. The zero-order valence-corrected chi connectivity index (χ0v) is 19.6. The second-order valence-corrected chi connectivity index (χ2v) is 8.67. The Morgan fingerprint density at radius 3 is 2.06 bits per heavy atom. The first-order valence-electron chi connectivity index (χ1n) is 12.1. The summed E-state index contributed by atoms with van der Waals surface area (Å²) in [5, 5.41) is 1.55. The Morgan fingerprint density at radius 1 is 0.667 bits per heavy atom. The van der Waals surface area contributed by atoms with E-state index in [1.54, 1.807) is 6.07 Å². The molecule has 0 amide bonds. The SMILES string of the molecule is CCCCCCc1ccc(-c2ccc(C#Cc3ccc4cc(CC)ccc4c3F)cc2)cc1. The van der Waals surface area contributed by atoms with E-state index in [4.69, 9.17) is 0 Å². The maximum Gasteiger partial charge on any atom is 0.146 e. The van der Waals surface area contributed by atoms with Crippen LogP contribution in [0.15, 0.2) is 78.9 Å². The predicted octanol–water partition coefficient (Wildman–Crippen LogP) is 8.73. The molecule has 33 heavy (non-hydrogen) atoms. The van der Waals surface area contributed by atoms with Crippen LogP contribution in [0.5, 0.6) is 0 Å². The molecule has 4 rings (SSSR count). The molecule has 0 spiro atoms. The van der Waals surface area contributed by atoms with Crippen molar-refractivity contribution in [3.63, 3.8) is 0 Å². The van der Waals surface area contributed by atoms with Crippen molar-refractivity contribution in [1.29, 1.82) is 0 Å². The van der Waals surface area contributed by atoms with Crippen molar-refractivity contribution in [1.82, 2.24) is 0 Å². The largest absolute Gasteiger partial charge is 0.205 e. The lowest BCUT2D eigenvalue weighted by Crippen LogP contribution is -1.88. The lowest BCUT2D eigenvalue weighted by atomic mass is 10.00. The van der Waals surface area contributed by atoms with Crippen LogP contribution < -0.4 is 0 Å². The minimum atomic E-state index is -0.242. The van der Waals surface area contributed by atoms with E-state index >= 15 is 0 Å². The molecule has 0 aliphatic rings. The lowest BCUT2D eigenvalue weighted by molar-refractivity contribution is 0.636. The summed E-state index contributed by atoms with van der Waals surface area (Å²) in [7, 11) is 0. The number of hydrogen-bond donors (Lipinski definition) is 0. The van der Waals surface area contributed by atoms with Gasteiger partial charge in [0.05, 0.1) is 5.56 Å². The topological polar surface area (TPSA) is 0 Å². The van der Waals surface area contributed by atoms with Gasteiger partial charge < -0.3 is 0 Å². The lowest BCUT2D eigenvalue weighted by Gasteiger charge is -2.05. The minimum absolute atomic E-state index is 0.242. The number of hydrogen-bond acceptors (Lipinski definition) is 0. The molecule has 0 N–H and O–H groups in total. The summed E-state index contributed by atoms with van der Waals surface area (Å²) in [6.07, 6.45) is 7.26. The second kappa shape index (κ2) is 11.0. The van der Waals surface area contributed by atoms with Gasteiger partial charge in [-0.3, -0.25) is 0 Å². The molecule has 0 bridgehead atoms. The molecule has 0 unspecified atom stereocenters. The highest BCUT2D eigenvalue weighted by Gasteiger charge is 2.06. The fourth-order valence-electron chi connectivity index (χ4n) is 4.16. The average molecular weight is 435 g/mol. The van der Waals surface area contributed by atoms with Gasteiger partial charge in [-0.15, -0.1) is 0 Å². The van der Waals surface area contributed by atoms with E-state index in [-0.39, 0.29) is 5.82 Å². The molecule has 0 aliphatic carbocycles. The number of benzene rings is 4. The van der Waals surface area contributed by atoms with Crippen molar-refractivity contribution in [2.75, 3.05) is 0 Å². The third kappa shape index (κ3) is 5.71. The van der Waals surface area contributed by atoms with Gasteiger partial charge in [-0.25, -0.2) is 4.39 Å². The molecule has 166 valence electrons. The highest BCUT2D eigenvalue weighted by molar-refractivity contribution is 5.85. The van der Waals surface area contributed by atoms with Crippen molar-refractivity contribution < 1.29 is 4.39 Å². The van der Waals surface area contributed by atoms with E-state index in [1.165, 1.54) is 47.9 Å². The van der Waals surface area contributed by atoms with Crippen LogP contribution in [0.3, 0.4) is 0 Å². The monoisotopic (exact) mass is 434 g/mol. The molecule has 0 fully saturated rings. The quantitative estimate of drug-likeness (QED) is 0.201. The Balaban J connectivity index is 1.46. The van der Waals surface area contributed by atoms with E-state index < -0.39 is 0 Å². The van der Waals surface area contributed by atoms with Gasteiger partial charge in [-0.05, 0) is 65.1 Å². The Kier molecular flexibility index (Phi) is 7.59. The first-order chi connectivity index (χ1) is 16.2. The van der Waals surface area contributed by atoms with Crippen LogP contribution in [-0.4, -0.2) is 0 Å². The van der Waals surface area contributed by atoms with E-state index in [0.717, 1.165) is 23.8 Å². The molecular formula is C32H31F. The zero-order chi connectivity index (χ0) is 23.0. The molecule has 0 saturated carbocycles. The molecule has 1 heteroatoms. The molecule has 0 nitrogen and oxygen atoms in total. The van der Waals surface area contributed by atoms with Gasteiger partial charge in [-0.1, -0.05) is 106 Å². The first kappa shape index (κ1) is 22.8. The maximum atomic E-state index is 14.9. The van der Waals surface area contributed by atoms with Gasteiger partial charge in [0.15, 0.2) is 0 Å². The number of unbranched alkanes of at least 4 members (excludes halogenated alkanes) is 3. The summed E-state index contributed by atoms with van der Waals surface area (Å²) in [4.78, 5) is 0. The molecule has 4 aromatic carbocycles. The van der Waals surface area contributed by atoms with Crippen LogP contribution in [0, 0.1) is 17.7 Å². The fraction of sp³-hybridized carbons (Fsp3) is 0.250. The normalized spacial score (nSPS) is 10.8. The third-order valence-electron chi connectivity index (χ3n) is 6.26. The van der Waals surface area contributed by atoms with Crippen LogP contribution in [0.25, 0.3) is 21.9 Å². The Hall–Kier alpha value is -3.37. The maximum absolute atomic E-state index is 14.9. The smallest absolute Gasteiger partial charge is 0.146 e. The summed E-state index contributed by atoms with van der Waals surface area (Å²) in [5.74, 6) is 5.90. The summed E-state index contributed by atoms with van der Waals surface area (Å²) in [5.41, 5.74) is 6.31. The summed E-state index contributed by atoms with van der Waals surface area (Å²) in [6.45, 7) is 4.35. The fourth-order valence-corrected chi connectivity index (χ4v) is 4.16. The van der Waals surface area contributed by atoms with Crippen LogP contribution >= 0.6 is 0 Å². The Bertz CT molecular complexity index is 1270. The van der Waals surface area contributed by atoms with Gasteiger partial charge in [-0.2, -0.15) is 0 Å². The molecule has 0 aliphatic heterocycles. The average Bonchev–Trinajstić information content (AvgIpc) is 2.87. The molecule has 0 heterocycles. The van der Waals surface area contributed by atoms with E-state index in [9.17, 15) is 4.39 Å². The van der Waals surface area contributed by atoms with Crippen LogP contribution in [0.4, 0.5) is 4.39 Å². The van der Waals surface area contributed by atoms with Crippen molar-refractivity contribution in [2.45, 2.75) is 52.4 Å². The summed E-state index contributed by atoms with van der Waals surface area (Å²) < 4.78 is 14.9. The molecule has 0 radical (unpaired) electrons. The van der Waals surface area contributed by atoms with Crippen molar-refractivity contribution >= 4 is 10.8 Å². The predicted molar refractivity (Wildman–Crippen MR) is 139 cm³/mol. The Morgan fingerprint density at radius 2 is 1.36 bits per heavy atom. The van der Waals surface area contributed by atoms with E-state index in [1.807, 2.05) is 36.4 Å².